The number of hydrogen-bond acceptors (Lipinski definition) is 7. The maximum Gasteiger partial charge on any atom is 0.306 e. The van der Waals surface area contributed by atoms with Gasteiger partial charge in [-0.05, 0) is 37.7 Å². The number of rotatable bonds is 15. The van der Waals surface area contributed by atoms with Crippen molar-refractivity contribution in [1.82, 2.24) is 15.1 Å². The fraction of sp³-hybridized carbons (Fsp3) is 0.600. The zero-order chi connectivity index (χ0) is 32.8. The summed E-state index contributed by atoms with van der Waals surface area (Å²) < 4.78 is 12.2. The molecule has 2 bridgehead atoms. The smallest absolute Gasteiger partial charge is 0.306 e. The average Bonchev–Trinajstić information content (AvgIpc) is 3.66. The number of esters is 1. The number of benzene rings is 1. The fourth-order valence-electron chi connectivity index (χ4n) is 7.94. The zero-order valence-corrected chi connectivity index (χ0v) is 27.9. The van der Waals surface area contributed by atoms with Crippen LogP contribution in [0.3, 0.4) is 0 Å². The Balaban J connectivity index is 1.44. The van der Waals surface area contributed by atoms with Crippen molar-refractivity contribution in [3.8, 4) is 0 Å². The Morgan fingerprint density at radius 3 is 2.59 bits per heavy atom. The van der Waals surface area contributed by atoms with Gasteiger partial charge in [0.05, 0.1) is 24.0 Å². The molecule has 10 nitrogen and oxygen atoms in total. The predicted octanol–water partition coefficient (Wildman–Crippen LogP) is 3.83. The molecule has 11 heteroatoms. The number of ether oxygens (including phenoxy) is 2. The molecule has 3 saturated heterocycles. The van der Waals surface area contributed by atoms with Gasteiger partial charge >= 0.3 is 5.97 Å². The van der Waals surface area contributed by atoms with Crippen LogP contribution in [0.25, 0.3) is 0 Å². The van der Waals surface area contributed by atoms with E-state index in [1.165, 1.54) is 0 Å². The maximum atomic E-state index is 14.6. The molecule has 46 heavy (non-hydrogen) atoms. The number of nitrogens with one attached hydrogen (secondary N) is 1. The van der Waals surface area contributed by atoms with Crippen molar-refractivity contribution in [2.24, 2.45) is 11.8 Å². The summed E-state index contributed by atoms with van der Waals surface area (Å²) in [5, 5.41) is 12.8. The Hall–Kier alpha value is -3.02. The van der Waals surface area contributed by atoms with Gasteiger partial charge in [-0.2, -0.15) is 0 Å². The topological polar surface area (TPSA) is 125 Å². The van der Waals surface area contributed by atoms with Gasteiger partial charge in [0.2, 0.25) is 17.7 Å². The molecule has 3 amide bonds. The van der Waals surface area contributed by atoms with E-state index in [2.05, 4.69) is 34.4 Å². The second kappa shape index (κ2) is 15.3. The minimum atomic E-state index is -1.20. The number of hydrogen-bond donors (Lipinski definition) is 2. The van der Waals surface area contributed by atoms with Crippen molar-refractivity contribution in [3.05, 3.63) is 61.2 Å². The number of amides is 3. The van der Waals surface area contributed by atoms with Crippen LogP contribution < -0.4 is 5.32 Å². The van der Waals surface area contributed by atoms with Gasteiger partial charge in [-0.25, -0.2) is 0 Å². The molecule has 1 aromatic rings. The summed E-state index contributed by atoms with van der Waals surface area (Å²) in [5.74, 6) is -3.02. The van der Waals surface area contributed by atoms with E-state index >= 15 is 0 Å². The number of halogens is 1. The lowest BCUT2D eigenvalue weighted by atomic mass is 9.70. The standard InChI is InChI=1S/C35H46BrN3O7/c1-3-5-17-27(41)45-22-26(23-13-8-6-9-14-23)37-32(42)28-29-33(43)39(19-12-20-40)31(35(29)21-25(36)30(28)46-35)34(44)38(18-4-2)24-15-10-7-11-16-24/h3-4,6,8-9,13-14,24-26,28-31,40H,1-2,5,7,10-12,15-22H2,(H,37,42)/t25?,26-,28-,29+,30-,31-,35+/m0/s1. The van der Waals surface area contributed by atoms with Gasteiger partial charge in [-0.1, -0.05) is 77.7 Å². The fourth-order valence-corrected chi connectivity index (χ4v) is 8.88. The maximum absolute atomic E-state index is 14.6. The Labute approximate surface area is 279 Å². The number of carbonyl (C=O) groups excluding carboxylic acids is 4. The molecule has 3 heterocycles. The van der Waals surface area contributed by atoms with Crippen molar-refractivity contribution in [3.63, 3.8) is 0 Å². The van der Waals surface area contributed by atoms with Gasteiger partial charge in [-0.15, -0.1) is 13.2 Å². The van der Waals surface area contributed by atoms with E-state index in [4.69, 9.17) is 9.47 Å². The zero-order valence-electron chi connectivity index (χ0n) is 26.4. The van der Waals surface area contributed by atoms with Gasteiger partial charge in [0.15, 0.2) is 0 Å². The van der Waals surface area contributed by atoms with Gasteiger partial charge in [0, 0.05) is 37.0 Å². The molecule has 7 atom stereocenters. The number of fused-ring (bicyclic) bond motifs is 1. The second-order valence-corrected chi connectivity index (χ2v) is 14.0. The molecule has 3 aliphatic heterocycles. The molecule has 1 aliphatic carbocycles. The van der Waals surface area contributed by atoms with Gasteiger partial charge < -0.3 is 29.7 Å². The lowest BCUT2D eigenvalue weighted by Crippen LogP contribution is -2.59. The van der Waals surface area contributed by atoms with E-state index in [-0.39, 0.29) is 48.9 Å². The van der Waals surface area contributed by atoms with E-state index in [1.54, 1.807) is 17.1 Å². The first kappa shape index (κ1) is 34.3. The normalized spacial score (nSPS) is 29.2. The van der Waals surface area contributed by atoms with E-state index in [9.17, 15) is 24.3 Å². The van der Waals surface area contributed by atoms with Gasteiger partial charge in [0.25, 0.3) is 0 Å². The van der Waals surface area contributed by atoms with Crippen LogP contribution in [0.1, 0.15) is 69.4 Å². The number of alkyl halides is 1. The highest BCUT2D eigenvalue weighted by Crippen LogP contribution is 2.60. The van der Waals surface area contributed by atoms with Crippen molar-refractivity contribution in [2.45, 2.75) is 92.4 Å². The van der Waals surface area contributed by atoms with Crippen molar-refractivity contribution >= 4 is 39.6 Å². The molecule has 1 unspecified atom stereocenters. The van der Waals surface area contributed by atoms with Crippen LogP contribution in [0.5, 0.6) is 0 Å². The van der Waals surface area contributed by atoms with Crippen molar-refractivity contribution < 1.29 is 33.8 Å². The molecule has 1 saturated carbocycles. The first-order chi connectivity index (χ1) is 22.3. The summed E-state index contributed by atoms with van der Waals surface area (Å²) in [6.45, 7) is 7.87. The Morgan fingerprint density at radius 1 is 1.17 bits per heavy atom. The number of nitrogens with zero attached hydrogens (tertiary/aromatic N) is 2. The molecule has 4 fully saturated rings. The van der Waals surface area contributed by atoms with Crippen LogP contribution in [0.4, 0.5) is 0 Å². The second-order valence-electron chi connectivity index (χ2n) is 12.8. The molecule has 5 rings (SSSR count). The first-order valence-corrected chi connectivity index (χ1v) is 17.4. The van der Waals surface area contributed by atoms with Crippen LogP contribution in [0, 0.1) is 11.8 Å². The molecule has 250 valence electrons. The quantitative estimate of drug-likeness (QED) is 0.162. The first-order valence-electron chi connectivity index (χ1n) is 16.5. The molecule has 4 aliphatic rings. The number of likely N-dealkylation sites (tertiary alicyclic amines) is 1. The summed E-state index contributed by atoms with van der Waals surface area (Å²) in [6.07, 6.45) is 9.10. The molecule has 2 N–H and O–H groups in total. The van der Waals surface area contributed by atoms with E-state index in [0.717, 1.165) is 37.7 Å². The number of aliphatic hydroxyl groups excluding tert-OH is 1. The highest BCUT2D eigenvalue weighted by atomic mass is 79.9. The van der Waals surface area contributed by atoms with Crippen LogP contribution >= 0.6 is 15.9 Å². The van der Waals surface area contributed by atoms with Crippen LogP contribution in [-0.2, 0) is 28.7 Å². The largest absolute Gasteiger partial charge is 0.463 e. The lowest BCUT2D eigenvalue weighted by Gasteiger charge is -2.41. The monoisotopic (exact) mass is 699 g/mol. The Morgan fingerprint density at radius 2 is 1.91 bits per heavy atom. The number of allylic oxidation sites excluding steroid dienone is 1. The van der Waals surface area contributed by atoms with Crippen LogP contribution in [0.2, 0.25) is 0 Å². The molecule has 1 spiro atoms. The summed E-state index contributed by atoms with van der Waals surface area (Å²) in [5.41, 5.74) is -0.442. The van der Waals surface area contributed by atoms with Gasteiger partial charge in [-0.3, -0.25) is 19.2 Å². The molecular formula is C35H46BrN3O7. The Bertz CT molecular complexity index is 1290. The third-order valence-electron chi connectivity index (χ3n) is 9.99. The summed E-state index contributed by atoms with van der Waals surface area (Å²) >= 11 is 3.74. The van der Waals surface area contributed by atoms with Crippen LogP contribution in [0.15, 0.2) is 55.6 Å². The van der Waals surface area contributed by atoms with Crippen molar-refractivity contribution in [2.75, 3.05) is 26.3 Å². The highest BCUT2D eigenvalue weighted by Gasteiger charge is 2.76. The third-order valence-corrected chi connectivity index (χ3v) is 10.8. The van der Waals surface area contributed by atoms with Gasteiger partial charge in [0.1, 0.15) is 18.2 Å². The van der Waals surface area contributed by atoms with E-state index in [1.807, 2.05) is 35.2 Å². The number of aliphatic hydroxyl groups is 1. The minimum absolute atomic E-state index is 0.0442. The molecular weight excluding hydrogens is 654 g/mol. The van der Waals surface area contributed by atoms with E-state index in [0.29, 0.717) is 25.8 Å². The minimum Gasteiger partial charge on any atom is -0.463 e. The summed E-state index contributed by atoms with van der Waals surface area (Å²) in [4.78, 5) is 58.7. The summed E-state index contributed by atoms with van der Waals surface area (Å²) in [6, 6.07) is 7.71. The predicted molar refractivity (Wildman–Crippen MR) is 176 cm³/mol. The van der Waals surface area contributed by atoms with Crippen molar-refractivity contribution in [1.29, 1.82) is 0 Å². The summed E-state index contributed by atoms with van der Waals surface area (Å²) in [7, 11) is 0. The molecule has 0 aromatic heterocycles. The molecule has 1 aromatic carbocycles. The van der Waals surface area contributed by atoms with Crippen LogP contribution in [-0.4, -0.2) is 93.5 Å². The highest BCUT2D eigenvalue weighted by molar-refractivity contribution is 9.09. The van der Waals surface area contributed by atoms with E-state index < -0.39 is 47.5 Å². The molecule has 0 radical (unpaired) electrons. The Kier molecular flexibility index (Phi) is 11.4. The number of carbonyl (C=O) groups is 4. The average molecular weight is 701 g/mol. The SMILES string of the molecule is C=CCCC(=O)OC[C@H](NC(=O)[C@@H]1[C@H]2O[C@@]3(CC2Br)[C@H](C(=O)N(CC=C)C2CCCCC2)N(CCCO)C(=O)[C@@H]13)c1ccccc1. The third kappa shape index (κ3) is 6.69. The lowest BCUT2D eigenvalue weighted by molar-refractivity contribution is -0.150.